The summed E-state index contributed by atoms with van der Waals surface area (Å²) >= 11 is 0. The fraction of sp³-hybridized carbons (Fsp3) is 0.286. The van der Waals surface area contributed by atoms with Crippen LogP contribution in [0, 0.1) is 0 Å². The van der Waals surface area contributed by atoms with Crippen LogP contribution in [-0.2, 0) is 12.6 Å². The lowest BCUT2D eigenvalue weighted by molar-refractivity contribution is -0.137. The van der Waals surface area contributed by atoms with Crippen molar-refractivity contribution in [1.82, 2.24) is 4.57 Å². The number of alkyl halides is 3. The van der Waals surface area contributed by atoms with Gasteiger partial charge in [0.05, 0.1) is 5.56 Å². The second-order valence-electron chi connectivity index (χ2n) is 4.31. The summed E-state index contributed by atoms with van der Waals surface area (Å²) in [5.74, 6) is 0. The van der Waals surface area contributed by atoms with E-state index in [0.717, 1.165) is 36.4 Å². The van der Waals surface area contributed by atoms with Gasteiger partial charge < -0.3 is 10.3 Å². The van der Waals surface area contributed by atoms with Crippen LogP contribution in [0.5, 0.6) is 0 Å². The standard InChI is InChI=1S/C14H15F3N2/c15-14(16,17)11-5-7-13(8-6-11)19-10-2-4-12(19)3-1-9-18/h2,4-8,10H,1,3,9,18H2. The zero-order chi connectivity index (χ0) is 13.9. The highest BCUT2D eigenvalue weighted by Gasteiger charge is 2.29. The maximum Gasteiger partial charge on any atom is 0.416 e. The van der Waals surface area contributed by atoms with Crippen molar-refractivity contribution in [2.75, 3.05) is 6.54 Å². The second-order valence-corrected chi connectivity index (χ2v) is 4.31. The SMILES string of the molecule is NCCCc1cccn1-c1ccc(C(F)(F)F)cc1. The maximum absolute atomic E-state index is 12.5. The molecule has 0 aliphatic carbocycles. The average molecular weight is 268 g/mol. The number of nitrogens with two attached hydrogens (primary N) is 1. The summed E-state index contributed by atoms with van der Waals surface area (Å²) in [4.78, 5) is 0. The van der Waals surface area contributed by atoms with Gasteiger partial charge in [-0.3, -0.25) is 0 Å². The van der Waals surface area contributed by atoms with Crippen molar-refractivity contribution in [3.05, 3.63) is 53.9 Å². The first-order chi connectivity index (χ1) is 9.02. The fourth-order valence-corrected chi connectivity index (χ4v) is 1.97. The molecule has 102 valence electrons. The third-order valence-corrected chi connectivity index (χ3v) is 2.94. The molecule has 0 bridgehead atoms. The van der Waals surface area contributed by atoms with Crippen molar-refractivity contribution in [2.45, 2.75) is 19.0 Å². The van der Waals surface area contributed by atoms with E-state index in [1.54, 1.807) is 0 Å². The van der Waals surface area contributed by atoms with Crippen LogP contribution in [0.25, 0.3) is 5.69 Å². The number of benzene rings is 1. The minimum Gasteiger partial charge on any atom is -0.330 e. The molecule has 0 atom stereocenters. The molecular formula is C14H15F3N2. The highest BCUT2D eigenvalue weighted by atomic mass is 19.4. The third kappa shape index (κ3) is 3.17. The summed E-state index contributed by atoms with van der Waals surface area (Å²) in [6.45, 7) is 0.595. The van der Waals surface area contributed by atoms with E-state index in [2.05, 4.69) is 0 Å². The summed E-state index contributed by atoms with van der Waals surface area (Å²) in [6, 6.07) is 8.99. The van der Waals surface area contributed by atoms with Gasteiger partial charge in [-0.15, -0.1) is 0 Å². The Balaban J connectivity index is 2.25. The van der Waals surface area contributed by atoms with Crippen molar-refractivity contribution in [1.29, 1.82) is 0 Å². The molecule has 0 fully saturated rings. The molecule has 0 saturated carbocycles. The minimum absolute atomic E-state index is 0.595. The van der Waals surface area contributed by atoms with Gasteiger partial charge in [-0.05, 0) is 55.8 Å². The molecule has 0 unspecified atom stereocenters. The minimum atomic E-state index is -4.29. The maximum atomic E-state index is 12.5. The first-order valence-corrected chi connectivity index (χ1v) is 6.06. The number of hydrogen-bond donors (Lipinski definition) is 1. The Morgan fingerprint density at radius 3 is 2.32 bits per heavy atom. The van der Waals surface area contributed by atoms with Crippen molar-refractivity contribution in [3.63, 3.8) is 0 Å². The van der Waals surface area contributed by atoms with E-state index in [1.807, 2.05) is 22.9 Å². The first kappa shape index (κ1) is 13.7. The highest BCUT2D eigenvalue weighted by Crippen LogP contribution is 2.29. The Bertz CT molecular complexity index is 526. The van der Waals surface area contributed by atoms with E-state index >= 15 is 0 Å². The lowest BCUT2D eigenvalue weighted by Crippen LogP contribution is -2.06. The van der Waals surface area contributed by atoms with Crippen molar-refractivity contribution >= 4 is 0 Å². The van der Waals surface area contributed by atoms with Gasteiger partial charge in [0.1, 0.15) is 0 Å². The van der Waals surface area contributed by atoms with Gasteiger partial charge in [0.15, 0.2) is 0 Å². The first-order valence-electron chi connectivity index (χ1n) is 6.06. The van der Waals surface area contributed by atoms with Crippen LogP contribution in [0.4, 0.5) is 13.2 Å². The van der Waals surface area contributed by atoms with E-state index in [-0.39, 0.29) is 0 Å². The molecule has 0 aliphatic rings. The van der Waals surface area contributed by atoms with Crippen LogP contribution in [-0.4, -0.2) is 11.1 Å². The lowest BCUT2D eigenvalue weighted by atomic mass is 10.2. The Morgan fingerprint density at radius 2 is 1.74 bits per heavy atom. The number of aromatic nitrogens is 1. The van der Waals surface area contributed by atoms with Crippen LogP contribution in [0.3, 0.4) is 0 Å². The van der Waals surface area contributed by atoms with E-state index in [1.165, 1.54) is 12.1 Å². The van der Waals surface area contributed by atoms with Gasteiger partial charge in [-0.2, -0.15) is 13.2 Å². The van der Waals surface area contributed by atoms with E-state index < -0.39 is 11.7 Å². The molecular weight excluding hydrogens is 253 g/mol. The molecule has 1 aromatic carbocycles. The zero-order valence-electron chi connectivity index (χ0n) is 10.3. The topological polar surface area (TPSA) is 30.9 Å². The predicted octanol–water partition coefficient (Wildman–Crippen LogP) is 3.39. The quantitative estimate of drug-likeness (QED) is 0.905. The molecule has 2 nitrogen and oxygen atoms in total. The number of rotatable bonds is 4. The largest absolute Gasteiger partial charge is 0.416 e. The fourth-order valence-electron chi connectivity index (χ4n) is 1.97. The van der Waals surface area contributed by atoms with E-state index in [0.29, 0.717) is 6.54 Å². The number of aryl methyl sites for hydroxylation is 1. The normalized spacial score (nSPS) is 11.8. The van der Waals surface area contributed by atoms with Crippen molar-refractivity contribution < 1.29 is 13.2 Å². The monoisotopic (exact) mass is 268 g/mol. The smallest absolute Gasteiger partial charge is 0.330 e. The predicted molar refractivity (Wildman–Crippen MR) is 68.1 cm³/mol. The summed E-state index contributed by atoms with van der Waals surface area (Å²) in [5, 5.41) is 0. The Kier molecular flexibility index (Phi) is 3.95. The van der Waals surface area contributed by atoms with Crippen LogP contribution >= 0.6 is 0 Å². The van der Waals surface area contributed by atoms with Crippen molar-refractivity contribution in [2.24, 2.45) is 5.73 Å². The van der Waals surface area contributed by atoms with Gasteiger partial charge in [0.2, 0.25) is 0 Å². The van der Waals surface area contributed by atoms with Crippen LogP contribution in [0.2, 0.25) is 0 Å². The molecule has 0 spiro atoms. The molecule has 2 N–H and O–H groups in total. The van der Waals surface area contributed by atoms with Gasteiger partial charge in [-0.25, -0.2) is 0 Å². The van der Waals surface area contributed by atoms with Crippen molar-refractivity contribution in [3.8, 4) is 5.69 Å². The summed E-state index contributed by atoms with van der Waals surface area (Å²) in [7, 11) is 0. The van der Waals surface area contributed by atoms with Crippen LogP contribution in [0.15, 0.2) is 42.6 Å². The van der Waals surface area contributed by atoms with Crippen LogP contribution in [0.1, 0.15) is 17.7 Å². The van der Waals surface area contributed by atoms with E-state index in [9.17, 15) is 13.2 Å². The third-order valence-electron chi connectivity index (χ3n) is 2.94. The second kappa shape index (κ2) is 5.48. The molecule has 1 aromatic heterocycles. The molecule has 2 rings (SSSR count). The average Bonchev–Trinajstić information content (AvgIpc) is 2.83. The number of nitrogens with zero attached hydrogens (tertiary/aromatic N) is 1. The van der Waals surface area contributed by atoms with Crippen LogP contribution < -0.4 is 5.73 Å². The molecule has 0 aliphatic heterocycles. The van der Waals surface area contributed by atoms with Gasteiger partial charge in [-0.1, -0.05) is 0 Å². The molecule has 2 aromatic rings. The molecule has 0 saturated heterocycles. The van der Waals surface area contributed by atoms with Gasteiger partial charge >= 0.3 is 6.18 Å². The Hall–Kier alpha value is -1.75. The molecule has 1 heterocycles. The molecule has 5 heteroatoms. The lowest BCUT2D eigenvalue weighted by Gasteiger charge is -2.11. The number of hydrogen-bond acceptors (Lipinski definition) is 1. The summed E-state index contributed by atoms with van der Waals surface area (Å²) < 4.78 is 39.3. The van der Waals surface area contributed by atoms with Gasteiger partial charge in [0.25, 0.3) is 0 Å². The zero-order valence-corrected chi connectivity index (χ0v) is 10.3. The Morgan fingerprint density at radius 1 is 1.05 bits per heavy atom. The summed E-state index contributed by atoms with van der Waals surface area (Å²) in [6.07, 6.45) is -0.790. The van der Waals surface area contributed by atoms with Gasteiger partial charge in [0, 0.05) is 17.6 Å². The molecule has 19 heavy (non-hydrogen) atoms. The molecule has 0 radical (unpaired) electrons. The van der Waals surface area contributed by atoms with E-state index in [4.69, 9.17) is 5.73 Å². The highest BCUT2D eigenvalue weighted by molar-refractivity contribution is 5.38. The molecule has 0 amide bonds. The number of halogens is 3. The Labute approximate surface area is 109 Å². The summed E-state index contributed by atoms with van der Waals surface area (Å²) in [5.41, 5.74) is 6.61.